The van der Waals surface area contributed by atoms with Gasteiger partial charge in [0.15, 0.2) is 0 Å². The summed E-state index contributed by atoms with van der Waals surface area (Å²) in [6.45, 7) is 10.8. The van der Waals surface area contributed by atoms with Crippen LogP contribution in [0.5, 0.6) is 0 Å². The van der Waals surface area contributed by atoms with E-state index in [0.29, 0.717) is 4.90 Å². The molecule has 1 rings (SSSR count). The minimum absolute atomic E-state index is 0.0335. The fourth-order valence-electron chi connectivity index (χ4n) is 1.21. The molecule has 0 saturated carbocycles. The van der Waals surface area contributed by atoms with E-state index in [1.807, 2.05) is 19.1 Å². The molecule has 0 aliphatic carbocycles. The summed E-state index contributed by atoms with van der Waals surface area (Å²) in [7, 11) is -1.57. The molecule has 0 radical (unpaired) electrons. The molecule has 0 saturated heterocycles. The Labute approximate surface area is 110 Å². The van der Waals surface area contributed by atoms with Crippen molar-refractivity contribution < 1.29 is 13.7 Å². The second kappa shape index (κ2) is 5.48. The van der Waals surface area contributed by atoms with Gasteiger partial charge in [0.1, 0.15) is 10.5 Å². The molecule has 1 aromatic rings. The standard InChI is InChI=1S/C14H18O3S/c1-10-6-8-12(9-7-10)18(16)11(2)13(15)17-14(3,4)5/h6-9H,2H2,1,3-5H3/t18-/m1/s1. The van der Waals surface area contributed by atoms with Crippen molar-refractivity contribution in [2.75, 3.05) is 0 Å². The molecule has 0 aromatic heterocycles. The zero-order chi connectivity index (χ0) is 13.9. The lowest BCUT2D eigenvalue weighted by molar-refractivity contribution is -0.148. The first kappa shape index (κ1) is 14.6. The first-order chi connectivity index (χ1) is 8.20. The largest absolute Gasteiger partial charge is 0.456 e. The molecular formula is C14H18O3S. The Bertz CT molecular complexity index is 481. The van der Waals surface area contributed by atoms with E-state index in [1.165, 1.54) is 0 Å². The van der Waals surface area contributed by atoms with E-state index in [0.717, 1.165) is 5.56 Å². The summed E-state index contributed by atoms with van der Waals surface area (Å²) in [4.78, 5) is 12.2. The molecule has 0 heterocycles. The van der Waals surface area contributed by atoms with E-state index in [4.69, 9.17) is 4.74 Å². The van der Waals surface area contributed by atoms with Crippen LogP contribution in [0, 0.1) is 6.92 Å². The van der Waals surface area contributed by atoms with Gasteiger partial charge in [0.2, 0.25) is 0 Å². The molecule has 3 nitrogen and oxygen atoms in total. The van der Waals surface area contributed by atoms with Gasteiger partial charge in [-0.1, -0.05) is 24.3 Å². The Morgan fingerprint density at radius 2 is 1.72 bits per heavy atom. The molecule has 0 amide bonds. The van der Waals surface area contributed by atoms with Gasteiger partial charge >= 0.3 is 5.97 Å². The average Bonchev–Trinajstić information content (AvgIpc) is 2.26. The summed E-state index contributed by atoms with van der Waals surface area (Å²) in [5.41, 5.74) is 0.455. The summed E-state index contributed by atoms with van der Waals surface area (Å²) in [5, 5.41) is 0. The third-order valence-corrected chi connectivity index (χ3v) is 3.40. The molecule has 0 aliphatic rings. The van der Waals surface area contributed by atoms with Crippen LogP contribution in [-0.2, 0) is 20.3 Å². The number of carbonyl (C=O) groups is 1. The quantitative estimate of drug-likeness (QED) is 0.624. The Hall–Kier alpha value is -1.42. The molecule has 1 atom stereocenters. The lowest BCUT2D eigenvalue weighted by atomic mass is 10.2. The zero-order valence-corrected chi connectivity index (χ0v) is 12.0. The number of benzene rings is 1. The highest BCUT2D eigenvalue weighted by molar-refractivity contribution is 7.90. The van der Waals surface area contributed by atoms with Crippen molar-refractivity contribution in [2.45, 2.75) is 38.2 Å². The second-order valence-corrected chi connectivity index (χ2v) is 6.51. The van der Waals surface area contributed by atoms with Crippen LogP contribution in [0.1, 0.15) is 26.3 Å². The highest BCUT2D eigenvalue weighted by Gasteiger charge is 2.23. The number of hydrogen-bond donors (Lipinski definition) is 0. The van der Waals surface area contributed by atoms with Gasteiger partial charge in [-0.05, 0) is 39.8 Å². The zero-order valence-electron chi connectivity index (χ0n) is 11.1. The topological polar surface area (TPSA) is 43.4 Å². The van der Waals surface area contributed by atoms with Crippen LogP contribution in [0.4, 0.5) is 0 Å². The molecular weight excluding hydrogens is 248 g/mol. The maximum Gasteiger partial charge on any atom is 0.347 e. The summed E-state index contributed by atoms with van der Waals surface area (Å²) < 4.78 is 17.2. The van der Waals surface area contributed by atoms with Crippen molar-refractivity contribution in [1.82, 2.24) is 0 Å². The van der Waals surface area contributed by atoms with E-state index in [9.17, 15) is 9.00 Å². The Balaban J connectivity index is 2.82. The van der Waals surface area contributed by atoms with Gasteiger partial charge in [-0.25, -0.2) is 9.00 Å². The third-order valence-electron chi connectivity index (χ3n) is 2.09. The number of rotatable bonds is 3. The SMILES string of the molecule is C=C(C(=O)OC(C)(C)C)[S@@](=O)c1ccc(C)cc1. The number of esters is 1. The van der Waals surface area contributed by atoms with Gasteiger partial charge in [-0.15, -0.1) is 0 Å². The molecule has 0 N–H and O–H groups in total. The van der Waals surface area contributed by atoms with Gasteiger partial charge in [0, 0.05) is 4.90 Å². The van der Waals surface area contributed by atoms with Crippen LogP contribution in [-0.4, -0.2) is 15.8 Å². The van der Waals surface area contributed by atoms with Crippen LogP contribution >= 0.6 is 0 Å². The summed E-state index contributed by atoms with van der Waals surface area (Å²) >= 11 is 0. The maximum absolute atomic E-state index is 12.1. The summed E-state index contributed by atoms with van der Waals surface area (Å²) in [6.07, 6.45) is 0. The van der Waals surface area contributed by atoms with Gasteiger partial charge in [-0.3, -0.25) is 0 Å². The highest BCUT2D eigenvalue weighted by atomic mass is 32.2. The molecule has 4 heteroatoms. The Kier molecular flexibility index (Phi) is 4.46. The maximum atomic E-state index is 12.1. The van der Waals surface area contributed by atoms with Crippen LogP contribution in [0.15, 0.2) is 40.6 Å². The number of ether oxygens (including phenoxy) is 1. The smallest absolute Gasteiger partial charge is 0.347 e. The van der Waals surface area contributed by atoms with Crippen LogP contribution in [0.2, 0.25) is 0 Å². The molecule has 1 aromatic carbocycles. The van der Waals surface area contributed by atoms with Gasteiger partial charge < -0.3 is 4.74 Å². The van der Waals surface area contributed by atoms with Crippen molar-refractivity contribution in [3.05, 3.63) is 41.3 Å². The lowest BCUT2D eigenvalue weighted by Crippen LogP contribution is -2.25. The van der Waals surface area contributed by atoms with Crippen molar-refractivity contribution in [3.8, 4) is 0 Å². The molecule has 0 unspecified atom stereocenters. The van der Waals surface area contributed by atoms with Crippen molar-refractivity contribution in [3.63, 3.8) is 0 Å². The van der Waals surface area contributed by atoms with Crippen molar-refractivity contribution in [2.24, 2.45) is 0 Å². The van der Waals surface area contributed by atoms with E-state index in [2.05, 4.69) is 6.58 Å². The van der Waals surface area contributed by atoms with Crippen LogP contribution < -0.4 is 0 Å². The fourth-order valence-corrected chi connectivity index (χ4v) is 2.08. The summed E-state index contributed by atoms with van der Waals surface area (Å²) in [6, 6.07) is 7.13. The molecule has 98 valence electrons. The van der Waals surface area contributed by atoms with Crippen molar-refractivity contribution >= 4 is 16.8 Å². The van der Waals surface area contributed by atoms with E-state index in [-0.39, 0.29) is 4.91 Å². The lowest BCUT2D eigenvalue weighted by Gasteiger charge is -2.19. The number of aryl methyl sites for hydroxylation is 1. The number of hydrogen-bond acceptors (Lipinski definition) is 3. The Morgan fingerprint density at radius 1 is 1.22 bits per heavy atom. The van der Waals surface area contributed by atoms with Gasteiger partial charge in [0.05, 0.1) is 10.8 Å². The molecule has 0 bridgehead atoms. The second-order valence-electron chi connectivity index (χ2n) is 5.01. The number of carbonyl (C=O) groups excluding carboxylic acids is 1. The normalized spacial score (nSPS) is 12.9. The molecule has 0 fully saturated rings. The fraction of sp³-hybridized carbons (Fsp3) is 0.357. The molecule has 18 heavy (non-hydrogen) atoms. The summed E-state index contributed by atoms with van der Waals surface area (Å²) in [5.74, 6) is -0.624. The highest BCUT2D eigenvalue weighted by Crippen LogP contribution is 2.17. The van der Waals surface area contributed by atoms with E-state index in [1.54, 1.807) is 32.9 Å². The van der Waals surface area contributed by atoms with Crippen molar-refractivity contribution in [1.29, 1.82) is 0 Å². The van der Waals surface area contributed by atoms with E-state index < -0.39 is 22.4 Å². The van der Waals surface area contributed by atoms with Gasteiger partial charge in [0.25, 0.3) is 0 Å². The minimum atomic E-state index is -1.57. The molecule has 0 spiro atoms. The van der Waals surface area contributed by atoms with Crippen LogP contribution in [0.25, 0.3) is 0 Å². The first-order valence-electron chi connectivity index (χ1n) is 5.61. The predicted octanol–water partition coefficient (Wildman–Crippen LogP) is 2.96. The Morgan fingerprint density at radius 3 is 2.17 bits per heavy atom. The van der Waals surface area contributed by atoms with E-state index >= 15 is 0 Å². The molecule has 0 aliphatic heterocycles. The van der Waals surface area contributed by atoms with Crippen LogP contribution in [0.3, 0.4) is 0 Å². The van der Waals surface area contributed by atoms with Gasteiger partial charge in [-0.2, -0.15) is 0 Å². The predicted molar refractivity (Wildman–Crippen MR) is 72.6 cm³/mol. The average molecular weight is 266 g/mol. The monoisotopic (exact) mass is 266 g/mol. The first-order valence-corrected chi connectivity index (χ1v) is 6.76. The minimum Gasteiger partial charge on any atom is -0.456 e. The third kappa shape index (κ3) is 4.11.